The van der Waals surface area contributed by atoms with E-state index in [2.05, 4.69) is 37.0 Å². The molecule has 3 nitrogen and oxygen atoms in total. The van der Waals surface area contributed by atoms with Gasteiger partial charge in [0.1, 0.15) is 7.85 Å². The van der Waals surface area contributed by atoms with Crippen LogP contribution in [0, 0.1) is 5.41 Å². The number of anilines is 1. The molecule has 1 aromatic rings. The zero-order valence-corrected chi connectivity index (χ0v) is 11.4. The van der Waals surface area contributed by atoms with Gasteiger partial charge in [0.25, 0.3) is 0 Å². The lowest BCUT2D eigenvalue weighted by atomic mass is 9.80. The number of carbonyl (C=O) groups is 1. The fourth-order valence-electron chi connectivity index (χ4n) is 2.53. The Hall–Kier alpha value is -1.45. The first-order chi connectivity index (χ1) is 8.55. The van der Waals surface area contributed by atoms with Gasteiger partial charge in [-0.1, -0.05) is 17.6 Å². The third-order valence-electron chi connectivity index (χ3n) is 3.91. The molecule has 0 bridgehead atoms. The number of esters is 1. The van der Waals surface area contributed by atoms with E-state index in [-0.39, 0.29) is 11.4 Å². The molecule has 0 amide bonds. The van der Waals surface area contributed by atoms with E-state index < -0.39 is 0 Å². The molecule has 0 N–H and O–H groups in total. The first kappa shape index (κ1) is 13.0. The highest BCUT2D eigenvalue weighted by atomic mass is 16.5. The molecule has 1 fully saturated rings. The number of methoxy groups -OCH3 is 1. The minimum Gasteiger partial charge on any atom is -0.469 e. The van der Waals surface area contributed by atoms with Crippen molar-refractivity contribution >= 4 is 25.0 Å². The molecule has 0 saturated carbocycles. The van der Waals surface area contributed by atoms with Crippen molar-refractivity contribution in [2.45, 2.75) is 19.8 Å². The van der Waals surface area contributed by atoms with Gasteiger partial charge in [0.15, 0.2) is 0 Å². The number of hydrogen-bond donors (Lipinski definition) is 0. The van der Waals surface area contributed by atoms with Crippen LogP contribution < -0.4 is 10.4 Å². The molecule has 0 spiro atoms. The number of carbonyl (C=O) groups excluding carboxylic acids is 1. The van der Waals surface area contributed by atoms with Crippen LogP contribution in [0.25, 0.3) is 0 Å². The topological polar surface area (TPSA) is 29.5 Å². The van der Waals surface area contributed by atoms with Gasteiger partial charge >= 0.3 is 5.97 Å². The SMILES string of the molecule is Bc1cccc(N2CCC(C)(C(=O)OC)CC2)c1. The van der Waals surface area contributed by atoms with Crippen molar-refractivity contribution in [1.29, 1.82) is 0 Å². The summed E-state index contributed by atoms with van der Waals surface area (Å²) in [6.07, 6.45) is 1.71. The molecule has 0 radical (unpaired) electrons. The van der Waals surface area contributed by atoms with Gasteiger partial charge < -0.3 is 9.64 Å². The van der Waals surface area contributed by atoms with Gasteiger partial charge in [-0.15, -0.1) is 0 Å². The summed E-state index contributed by atoms with van der Waals surface area (Å²) in [7, 11) is 3.58. The second-order valence-corrected chi connectivity index (χ2v) is 5.38. The third-order valence-corrected chi connectivity index (χ3v) is 3.91. The second-order valence-electron chi connectivity index (χ2n) is 5.38. The Morgan fingerprint density at radius 1 is 1.39 bits per heavy atom. The summed E-state index contributed by atoms with van der Waals surface area (Å²) in [5, 5.41) is 0. The standard InChI is InChI=1S/C14H20BNO2/c1-14(13(17)18-2)6-8-16(9-7-14)12-5-3-4-11(15)10-12/h3-5,10H,6-9,15H2,1-2H3. The van der Waals surface area contributed by atoms with Crippen LogP contribution in [0.4, 0.5) is 5.69 Å². The van der Waals surface area contributed by atoms with E-state index in [0.717, 1.165) is 25.9 Å². The molecule has 0 aliphatic carbocycles. The Bertz CT molecular complexity index is 439. The number of ether oxygens (including phenoxy) is 1. The fraction of sp³-hybridized carbons (Fsp3) is 0.500. The molecular formula is C14H20BNO2. The van der Waals surface area contributed by atoms with Gasteiger partial charge in [-0.25, -0.2) is 0 Å². The molecule has 18 heavy (non-hydrogen) atoms. The van der Waals surface area contributed by atoms with E-state index in [9.17, 15) is 4.79 Å². The normalized spacial score (nSPS) is 18.4. The first-order valence-electron chi connectivity index (χ1n) is 6.45. The van der Waals surface area contributed by atoms with Crippen LogP contribution in [-0.4, -0.2) is 34.0 Å². The van der Waals surface area contributed by atoms with Crippen LogP contribution >= 0.6 is 0 Å². The van der Waals surface area contributed by atoms with Crippen molar-refractivity contribution in [3.05, 3.63) is 24.3 Å². The maximum absolute atomic E-state index is 11.7. The summed E-state index contributed by atoms with van der Waals surface area (Å²) in [6, 6.07) is 8.51. The lowest BCUT2D eigenvalue weighted by molar-refractivity contribution is -0.152. The summed E-state index contributed by atoms with van der Waals surface area (Å²) >= 11 is 0. The number of rotatable bonds is 2. The molecule has 1 aromatic carbocycles. The third kappa shape index (κ3) is 2.52. The molecule has 1 heterocycles. The van der Waals surface area contributed by atoms with Gasteiger partial charge in [0.05, 0.1) is 12.5 Å². The molecular weight excluding hydrogens is 225 g/mol. The summed E-state index contributed by atoms with van der Waals surface area (Å²) in [5.74, 6) is -0.0774. The van der Waals surface area contributed by atoms with E-state index in [1.807, 2.05) is 6.92 Å². The maximum atomic E-state index is 11.7. The van der Waals surface area contributed by atoms with E-state index in [4.69, 9.17) is 4.74 Å². The van der Waals surface area contributed by atoms with Crippen LogP contribution in [-0.2, 0) is 9.53 Å². The summed E-state index contributed by atoms with van der Waals surface area (Å²) in [4.78, 5) is 14.1. The number of piperidine rings is 1. The fourth-order valence-corrected chi connectivity index (χ4v) is 2.53. The van der Waals surface area contributed by atoms with E-state index in [1.165, 1.54) is 18.3 Å². The zero-order valence-electron chi connectivity index (χ0n) is 11.4. The first-order valence-corrected chi connectivity index (χ1v) is 6.45. The van der Waals surface area contributed by atoms with Crippen LogP contribution in [0.5, 0.6) is 0 Å². The van der Waals surface area contributed by atoms with E-state index in [0.29, 0.717) is 0 Å². The predicted octanol–water partition coefficient (Wildman–Crippen LogP) is 0.725. The molecule has 2 rings (SSSR count). The Balaban J connectivity index is 2.05. The number of nitrogens with zero attached hydrogens (tertiary/aromatic N) is 1. The monoisotopic (exact) mass is 245 g/mol. The van der Waals surface area contributed by atoms with Crippen LogP contribution in [0.2, 0.25) is 0 Å². The molecule has 1 saturated heterocycles. The molecule has 0 unspecified atom stereocenters. The molecule has 1 aliphatic rings. The van der Waals surface area contributed by atoms with Gasteiger partial charge in [0.2, 0.25) is 0 Å². The lowest BCUT2D eigenvalue weighted by Gasteiger charge is -2.38. The van der Waals surface area contributed by atoms with Crippen molar-refractivity contribution in [2.24, 2.45) is 5.41 Å². The van der Waals surface area contributed by atoms with Gasteiger partial charge in [-0.05, 0) is 31.9 Å². The Labute approximate surface area is 110 Å². The van der Waals surface area contributed by atoms with Gasteiger partial charge in [-0.3, -0.25) is 4.79 Å². The largest absolute Gasteiger partial charge is 0.469 e. The average molecular weight is 245 g/mol. The highest BCUT2D eigenvalue weighted by molar-refractivity contribution is 6.32. The van der Waals surface area contributed by atoms with Gasteiger partial charge in [-0.2, -0.15) is 0 Å². The van der Waals surface area contributed by atoms with Crippen LogP contribution in [0.15, 0.2) is 24.3 Å². The number of benzene rings is 1. The zero-order chi connectivity index (χ0) is 13.2. The van der Waals surface area contributed by atoms with E-state index in [1.54, 1.807) is 0 Å². The van der Waals surface area contributed by atoms with Crippen LogP contribution in [0.3, 0.4) is 0 Å². The maximum Gasteiger partial charge on any atom is 0.311 e. The second kappa shape index (κ2) is 5.05. The lowest BCUT2D eigenvalue weighted by Crippen LogP contribution is -2.43. The summed E-state index contributed by atoms with van der Waals surface area (Å²) < 4.78 is 4.90. The molecule has 0 aromatic heterocycles. The van der Waals surface area contributed by atoms with Gasteiger partial charge in [0, 0.05) is 18.8 Å². The summed E-state index contributed by atoms with van der Waals surface area (Å²) in [6.45, 7) is 3.83. The Morgan fingerprint density at radius 2 is 2.06 bits per heavy atom. The predicted molar refractivity (Wildman–Crippen MR) is 76.2 cm³/mol. The van der Waals surface area contributed by atoms with Crippen LogP contribution in [0.1, 0.15) is 19.8 Å². The minimum atomic E-state index is -0.310. The van der Waals surface area contributed by atoms with Crippen molar-refractivity contribution in [1.82, 2.24) is 0 Å². The van der Waals surface area contributed by atoms with E-state index >= 15 is 0 Å². The highest BCUT2D eigenvalue weighted by Gasteiger charge is 2.37. The van der Waals surface area contributed by atoms with Crippen molar-refractivity contribution in [3.8, 4) is 0 Å². The minimum absolute atomic E-state index is 0.0774. The average Bonchev–Trinajstić information content (AvgIpc) is 2.38. The molecule has 1 aliphatic heterocycles. The summed E-state index contributed by atoms with van der Waals surface area (Å²) in [5.41, 5.74) is 2.21. The highest BCUT2D eigenvalue weighted by Crippen LogP contribution is 2.33. The van der Waals surface area contributed by atoms with Crippen molar-refractivity contribution in [2.75, 3.05) is 25.1 Å². The Kier molecular flexibility index (Phi) is 3.64. The molecule has 4 heteroatoms. The molecule has 96 valence electrons. The smallest absolute Gasteiger partial charge is 0.311 e. The molecule has 0 atom stereocenters. The number of hydrogen-bond acceptors (Lipinski definition) is 3. The Morgan fingerprint density at radius 3 is 2.61 bits per heavy atom. The van der Waals surface area contributed by atoms with Crippen molar-refractivity contribution < 1.29 is 9.53 Å². The quantitative estimate of drug-likeness (QED) is 0.568. The van der Waals surface area contributed by atoms with Crippen molar-refractivity contribution in [3.63, 3.8) is 0 Å².